The summed E-state index contributed by atoms with van der Waals surface area (Å²) < 4.78 is 37.6. The van der Waals surface area contributed by atoms with Gasteiger partial charge in [0, 0.05) is 58.2 Å². The van der Waals surface area contributed by atoms with Crippen molar-refractivity contribution >= 4 is 21.8 Å². The van der Waals surface area contributed by atoms with Crippen LogP contribution in [0.1, 0.15) is 19.3 Å². The highest BCUT2D eigenvalue weighted by molar-refractivity contribution is 7.89. The fourth-order valence-electron chi connectivity index (χ4n) is 3.63. The van der Waals surface area contributed by atoms with Crippen molar-refractivity contribution in [2.45, 2.75) is 24.2 Å². The van der Waals surface area contributed by atoms with E-state index in [4.69, 9.17) is 9.47 Å². The molecule has 2 heterocycles. The van der Waals surface area contributed by atoms with Crippen LogP contribution < -0.4 is 9.47 Å². The molecule has 1 aromatic rings. The Morgan fingerprint density at radius 3 is 2.31 bits per heavy atom. The van der Waals surface area contributed by atoms with Crippen LogP contribution in [0, 0.1) is 0 Å². The molecule has 1 aromatic carbocycles. The third kappa shape index (κ3) is 4.64. The number of piperazine rings is 1. The van der Waals surface area contributed by atoms with Gasteiger partial charge >= 0.3 is 0 Å². The van der Waals surface area contributed by atoms with Crippen molar-refractivity contribution < 1.29 is 27.5 Å². The molecule has 2 saturated heterocycles. The minimum atomic E-state index is -3.69. The van der Waals surface area contributed by atoms with Gasteiger partial charge in [0.2, 0.25) is 21.8 Å². The Morgan fingerprint density at radius 1 is 1.03 bits per heavy atom. The summed E-state index contributed by atoms with van der Waals surface area (Å²) in [6.45, 7) is 2.26. The smallest absolute Gasteiger partial charge is 0.243 e. The number of likely N-dealkylation sites (tertiary alicyclic amines) is 1. The third-order valence-corrected chi connectivity index (χ3v) is 7.25. The van der Waals surface area contributed by atoms with Gasteiger partial charge < -0.3 is 19.3 Å². The SMILES string of the molecule is COc1ccc(S(=O)(=O)N2CCN(C(=O)CCN3CCCC3=O)CC2)cc1OC. The summed E-state index contributed by atoms with van der Waals surface area (Å²) in [5.74, 6) is 0.855. The van der Waals surface area contributed by atoms with Crippen LogP contribution in [0.25, 0.3) is 0 Å². The molecule has 2 fully saturated rings. The molecule has 2 aliphatic rings. The summed E-state index contributed by atoms with van der Waals surface area (Å²) in [5.41, 5.74) is 0. The molecule has 0 atom stereocenters. The molecule has 2 aliphatic heterocycles. The van der Waals surface area contributed by atoms with Crippen LogP contribution in [-0.2, 0) is 19.6 Å². The van der Waals surface area contributed by atoms with Crippen molar-refractivity contribution in [3.8, 4) is 11.5 Å². The number of benzene rings is 1. The molecular formula is C19H27N3O6S. The second kappa shape index (κ2) is 9.00. The van der Waals surface area contributed by atoms with Gasteiger partial charge in [-0.05, 0) is 18.6 Å². The number of rotatable bonds is 7. The number of methoxy groups -OCH3 is 2. The maximum atomic E-state index is 12.9. The van der Waals surface area contributed by atoms with Gasteiger partial charge in [0.15, 0.2) is 11.5 Å². The van der Waals surface area contributed by atoms with Gasteiger partial charge in [-0.1, -0.05) is 0 Å². The van der Waals surface area contributed by atoms with E-state index in [1.54, 1.807) is 15.9 Å². The van der Waals surface area contributed by atoms with Gasteiger partial charge in [-0.3, -0.25) is 9.59 Å². The highest BCUT2D eigenvalue weighted by Gasteiger charge is 2.31. The van der Waals surface area contributed by atoms with Crippen molar-refractivity contribution in [3.63, 3.8) is 0 Å². The summed E-state index contributed by atoms with van der Waals surface area (Å²) >= 11 is 0. The van der Waals surface area contributed by atoms with Crippen molar-refractivity contribution in [1.29, 1.82) is 0 Å². The Labute approximate surface area is 171 Å². The number of hydrogen-bond acceptors (Lipinski definition) is 6. The van der Waals surface area contributed by atoms with Crippen molar-refractivity contribution in [1.82, 2.24) is 14.1 Å². The number of ether oxygens (including phenoxy) is 2. The van der Waals surface area contributed by atoms with Gasteiger partial charge in [0.05, 0.1) is 19.1 Å². The minimum absolute atomic E-state index is 0.0483. The van der Waals surface area contributed by atoms with Gasteiger partial charge in [0.1, 0.15) is 0 Å². The summed E-state index contributed by atoms with van der Waals surface area (Å²) in [6.07, 6.45) is 1.68. The molecule has 0 spiro atoms. The number of amides is 2. The number of carbonyl (C=O) groups excluding carboxylic acids is 2. The lowest BCUT2D eigenvalue weighted by Gasteiger charge is -2.34. The molecular weight excluding hydrogens is 398 g/mol. The maximum absolute atomic E-state index is 12.9. The lowest BCUT2D eigenvalue weighted by atomic mass is 10.3. The zero-order chi connectivity index (χ0) is 21.0. The Balaban J connectivity index is 1.58. The highest BCUT2D eigenvalue weighted by atomic mass is 32.2. The average Bonchev–Trinajstić information content (AvgIpc) is 3.16. The van der Waals surface area contributed by atoms with Gasteiger partial charge in [-0.15, -0.1) is 0 Å². The molecule has 2 amide bonds. The molecule has 0 unspecified atom stereocenters. The van der Waals surface area contributed by atoms with E-state index in [0.29, 0.717) is 44.1 Å². The monoisotopic (exact) mass is 425 g/mol. The zero-order valence-electron chi connectivity index (χ0n) is 16.8. The second-order valence-corrected chi connectivity index (χ2v) is 8.97. The highest BCUT2D eigenvalue weighted by Crippen LogP contribution is 2.30. The molecule has 160 valence electrons. The Morgan fingerprint density at radius 2 is 1.72 bits per heavy atom. The van der Waals surface area contributed by atoms with Crippen LogP contribution in [0.4, 0.5) is 0 Å². The summed E-state index contributed by atoms with van der Waals surface area (Å²) in [6, 6.07) is 4.49. The lowest BCUT2D eigenvalue weighted by molar-refractivity contribution is -0.133. The molecule has 9 nitrogen and oxygen atoms in total. The third-order valence-electron chi connectivity index (χ3n) is 5.35. The zero-order valence-corrected chi connectivity index (χ0v) is 17.6. The van der Waals surface area contributed by atoms with E-state index in [0.717, 1.165) is 6.42 Å². The molecule has 0 bridgehead atoms. The predicted octanol–water partition coefficient (Wildman–Crippen LogP) is 0.549. The first-order valence-corrected chi connectivity index (χ1v) is 11.1. The molecule has 0 saturated carbocycles. The van der Waals surface area contributed by atoms with Crippen molar-refractivity contribution in [3.05, 3.63) is 18.2 Å². The largest absolute Gasteiger partial charge is 0.493 e. The van der Waals surface area contributed by atoms with Crippen molar-refractivity contribution in [2.24, 2.45) is 0 Å². The summed E-state index contributed by atoms with van der Waals surface area (Å²) in [5, 5.41) is 0. The lowest BCUT2D eigenvalue weighted by Crippen LogP contribution is -2.50. The molecule has 3 rings (SSSR count). The Hall–Kier alpha value is -2.33. The molecule has 0 aromatic heterocycles. The second-order valence-electron chi connectivity index (χ2n) is 7.04. The molecule has 0 N–H and O–H groups in total. The number of hydrogen-bond donors (Lipinski definition) is 0. The summed E-state index contributed by atoms with van der Waals surface area (Å²) in [4.78, 5) is 27.6. The number of sulfonamides is 1. The first-order valence-electron chi connectivity index (χ1n) is 9.64. The van der Waals surface area contributed by atoms with E-state index >= 15 is 0 Å². The maximum Gasteiger partial charge on any atom is 0.243 e. The fraction of sp³-hybridized carbons (Fsp3) is 0.579. The van der Waals surface area contributed by atoms with E-state index in [1.807, 2.05) is 0 Å². The van der Waals surface area contributed by atoms with Crippen molar-refractivity contribution in [2.75, 3.05) is 53.5 Å². The number of carbonyl (C=O) groups is 2. The average molecular weight is 426 g/mol. The van der Waals surface area contributed by atoms with E-state index in [1.165, 1.54) is 30.7 Å². The quantitative estimate of drug-likeness (QED) is 0.633. The topological polar surface area (TPSA) is 96.5 Å². The first-order chi connectivity index (χ1) is 13.9. The van der Waals surface area contributed by atoms with E-state index in [9.17, 15) is 18.0 Å². The van der Waals surface area contributed by atoms with Crippen LogP contribution in [0.15, 0.2) is 23.1 Å². The molecule has 0 radical (unpaired) electrons. The summed E-state index contributed by atoms with van der Waals surface area (Å²) in [7, 11) is -0.754. The normalized spacial score (nSPS) is 18.2. The van der Waals surface area contributed by atoms with Gasteiger partial charge in [0.25, 0.3) is 0 Å². The number of nitrogens with zero attached hydrogens (tertiary/aromatic N) is 3. The van der Waals surface area contributed by atoms with Gasteiger partial charge in [-0.25, -0.2) is 8.42 Å². The predicted molar refractivity (Wildman–Crippen MR) is 105 cm³/mol. The first kappa shape index (κ1) is 21.4. The molecule has 0 aliphatic carbocycles. The molecule has 29 heavy (non-hydrogen) atoms. The van der Waals surface area contributed by atoms with E-state index < -0.39 is 10.0 Å². The van der Waals surface area contributed by atoms with Crippen LogP contribution in [0.3, 0.4) is 0 Å². The van der Waals surface area contributed by atoms with Crippen LogP contribution in [0.5, 0.6) is 11.5 Å². The van der Waals surface area contributed by atoms with Crippen LogP contribution in [0.2, 0.25) is 0 Å². The Bertz CT molecular complexity index is 865. The van der Waals surface area contributed by atoms with E-state index in [2.05, 4.69) is 0 Å². The fourth-order valence-corrected chi connectivity index (χ4v) is 5.07. The molecule has 10 heteroatoms. The van der Waals surface area contributed by atoms with Crippen LogP contribution >= 0.6 is 0 Å². The van der Waals surface area contributed by atoms with Crippen LogP contribution in [-0.4, -0.2) is 87.8 Å². The van der Waals surface area contributed by atoms with E-state index in [-0.39, 0.29) is 36.2 Å². The standard InChI is InChI=1S/C19H27N3O6S/c1-27-16-6-5-15(14-17(16)28-2)29(25,26)22-12-10-21(11-13-22)19(24)7-9-20-8-3-4-18(20)23/h5-6,14H,3-4,7-13H2,1-2H3. The Kier molecular flexibility index (Phi) is 6.63. The minimum Gasteiger partial charge on any atom is -0.493 e. The van der Waals surface area contributed by atoms with Gasteiger partial charge in [-0.2, -0.15) is 4.31 Å².